The predicted octanol–water partition coefficient (Wildman–Crippen LogP) is 4.59. The molecule has 3 aliphatic rings. The summed E-state index contributed by atoms with van der Waals surface area (Å²) in [5.41, 5.74) is 6.95. The van der Waals surface area contributed by atoms with Crippen molar-refractivity contribution in [2.75, 3.05) is 28.8 Å². The number of nitrogens with one attached hydrogen (secondary N) is 1. The van der Waals surface area contributed by atoms with Crippen molar-refractivity contribution in [3.05, 3.63) is 29.7 Å². The quantitative estimate of drug-likeness (QED) is 0.575. The minimum absolute atomic E-state index is 0.00881. The molecule has 0 saturated heterocycles. The third-order valence-corrected chi connectivity index (χ3v) is 7.45. The zero-order chi connectivity index (χ0) is 25.2. The van der Waals surface area contributed by atoms with Gasteiger partial charge in [-0.1, -0.05) is 12.8 Å². The summed E-state index contributed by atoms with van der Waals surface area (Å²) in [7, 11) is 1.40. The number of hydrogen-bond donors (Lipinski definition) is 2. The number of hydrogen-bond acceptors (Lipinski definition) is 7. The highest BCUT2D eigenvalue weighted by molar-refractivity contribution is 6.06. The number of carbonyl (C=O) groups is 1. The number of halogens is 1. The smallest absolute Gasteiger partial charge is 0.330 e. The number of nitrogens with zero attached hydrogens (tertiary/aromatic N) is 4. The Balaban J connectivity index is 1.50. The molecule has 0 bridgehead atoms. The summed E-state index contributed by atoms with van der Waals surface area (Å²) in [5.74, 6) is 1.01. The van der Waals surface area contributed by atoms with Gasteiger partial charge in [0.15, 0.2) is 11.6 Å². The lowest BCUT2D eigenvalue weighted by atomic mass is 9.92. The number of benzene rings is 1. The van der Waals surface area contributed by atoms with E-state index < -0.39 is 5.82 Å². The van der Waals surface area contributed by atoms with Gasteiger partial charge in [0.25, 0.3) is 0 Å². The Morgan fingerprint density at radius 1 is 1.17 bits per heavy atom. The molecule has 5 rings (SSSR count). The molecule has 10 heteroatoms. The zero-order valence-corrected chi connectivity index (χ0v) is 21.0. The number of aromatic nitrogens is 2. The predicted molar refractivity (Wildman–Crippen MR) is 136 cm³/mol. The molecule has 0 unspecified atom stereocenters. The van der Waals surface area contributed by atoms with Crippen molar-refractivity contribution in [1.29, 1.82) is 0 Å². The molecule has 0 spiro atoms. The maximum Gasteiger partial charge on any atom is 0.330 e. The zero-order valence-electron chi connectivity index (χ0n) is 21.0. The van der Waals surface area contributed by atoms with Crippen LogP contribution in [0.4, 0.5) is 26.6 Å². The van der Waals surface area contributed by atoms with Gasteiger partial charge in [0, 0.05) is 42.0 Å². The number of rotatable bonds is 7. The van der Waals surface area contributed by atoms with Crippen LogP contribution in [0, 0.1) is 5.82 Å². The van der Waals surface area contributed by atoms with Crippen LogP contribution < -0.4 is 30.3 Å². The maximum atomic E-state index is 15.4. The van der Waals surface area contributed by atoms with Crippen LogP contribution in [0.5, 0.6) is 11.5 Å². The van der Waals surface area contributed by atoms with Gasteiger partial charge in [0.1, 0.15) is 11.6 Å². The molecule has 1 aliphatic heterocycles. The molecule has 194 valence electrons. The highest BCUT2D eigenvalue weighted by Gasteiger charge is 2.40. The molecule has 2 heterocycles. The number of nitrogens with two attached hydrogens (primary N) is 1. The highest BCUT2D eigenvalue weighted by Crippen LogP contribution is 2.40. The largest absolute Gasteiger partial charge is 0.494 e. The highest BCUT2D eigenvalue weighted by atomic mass is 19.1. The second-order valence-electron chi connectivity index (χ2n) is 9.87. The van der Waals surface area contributed by atoms with Gasteiger partial charge >= 0.3 is 6.03 Å². The van der Waals surface area contributed by atoms with Crippen LogP contribution in [0.1, 0.15) is 63.9 Å². The van der Waals surface area contributed by atoms with Gasteiger partial charge in [-0.25, -0.2) is 14.2 Å². The van der Waals surface area contributed by atoms with Crippen LogP contribution in [0.15, 0.2) is 18.3 Å². The summed E-state index contributed by atoms with van der Waals surface area (Å²) >= 11 is 0. The van der Waals surface area contributed by atoms with E-state index in [0.717, 1.165) is 56.9 Å². The molecule has 2 aromatic rings. The van der Waals surface area contributed by atoms with Crippen molar-refractivity contribution in [1.82, 2.24) is 9.97 Å². The normalized spacial score (nSPS) is 22.5. The Kier molecular flexibility index (Phi) is 7.13. The Bertz CT molecular complexity index is 1100. The molecule has 2 fully saturated rings. The summed E-state index contributed by atoms with van der Waals surface area (Å²) in [5, 5.41) is 3.44. The molecule has 9 nitrogen and oxygen atoms in total. The van der Waals surface area contributed by atoms with Crippen LogP contribution in [0.3, 0.4) is 0 Å². The van der Waals surface area contributed by atoms with Crippen molar-refractivity contribution < 1.29 is 18.7 Å². The van der Waals surface area contributed by atoms with Crippen LogP contribution in [-0.2, 0) is 6.54 Å². The molecular weight excluding hydrogens is 463 g/mol. The fourth-order valence-electron chi connectivity index (χ4n) is 5.53. The first-order valence-corrected chi connectivity index (χ1v) is 13.0. The number of ether oxygens (including phenoxy) is 2. The SMILES string of the molecule is CCOc1cc(OC)c(F)c(N2Cc3cnc(NC4CCC(N)CC4)nc3N(C3CCCC3)C2=O)c1. The van der Waals surface area contributed by atoms with Crippen molar-refractivity contribution in [3.8, 4) is 11.5 Å². The Labute approximate surface area is 211 Å². The van der Waals surface area contributed by atoms with Gasteiger partial charge in [0.2, 0.25) is 5.95 Å². The first-order chi connectivity index (χ1) is 17.5. The number of fused-ring (bicyclic) bond motifs is 1. The van der Waals surface area contributed by atoms with Gasteiger partial charge in [0.05, 0.1) is 25.9 Å². The summed E-state index contributed by atoms with van der Waals surface area (Å²) in [4.78, 5) is 26.5. The maximum absolute atomic E-state index is 15.4. The van der Waals surface area contributed by atoms with E-state index in [4.69, 9.17) is 20.2 Å². The topological polar surface area (TPSA) is 106 Å². The Morgan fingerprint density at radius 2 is 1.92 bits per heavy atom. The lowest BCUT2D eigenvalue weighted by Gasteiger charge is -2.39. The van der Waals surface area contributed by atoms with Gasteiger partial charge in [-0.2, -0.15) is 4.98 Å². The third-order valence-electron chi connectivity index (χ3n) is 7.45. The minimum Gasteiger partial charge on any atom is -0.494 e. The third kappa shape index (κ3) is 4.78. The van der Waals surface area contributed by atoms with E-state index in [1.54, 1.807) is 17.2 Å². The summed E-state index contributed by atoms with van der Waals surface area (Å²) in [6, 6.07) is 3.29. The second kappa shape index (κ2) is 10.5. The van der Waals surface area contributed by atoms with E-state index in [9.17, 15) is 4.79 Å². The fourth-order valence-corrected chi connectivity index (χ4v) is 5.53. The fraction of sp³-hybridized carbons (Fsp3) is 0.577. The summed E-state index contributed by atoms with van der Waals surface area (Å²) < 4.78 is 26.3. The van der Waals surface area contributed by atoms with E-state index in [0.29, 0.717) is 24.1 Å². The van der Waals surface area contributed by atoms with Crippen LogP contribution in [-0.4, -0.2) is 47.8 Å². The average molecular weight is 499 g/mol. The number of urea groups is 1. The first-order valence-electron chi connectivity index (χ1n) is 13.0. The molecular formula is C26H35FN6O3. The van der Waals surface area contributed by atoms with Crippen molar-refractivity contribution in [2.45, 2.75) is 83.0 Å². The number of carbonyl (C=O) groups excluding carboxylic acids is 1. The lowest BCUT2D eigenvalue weighted by molar-refractivity contribution is 0.247. The van der Waals surface area contributed by atoms with E-state index in [1.807, 2.05) is 6.92 Å². The summed E-state index contributed by atoms with van der Waals surface area (Å²) in [6.07, 6.45) is 9.50. The molecule has 2 aliphatic carbocycles. The van der Waals surface area contributed by atoms with E-state index in [-0.39, 0.29) is 42.1 Å². The number of anilines is 3. The van der Waals surface area contributed by atoms with Gasteiger partial charge in [-0.15, -0.1) is 0 Å². The van der Waals surface area contributed by atoms with Gasteiger partial charge in [-0.05, 0) is 45.4 Å². The Morgan fingerprint density at radius 3 is 2.61 bits per heavy atom. The van der Waals surface area contributed by atoms with Crippen LogP contribution in [0.25, 0.3) is 0 Å². The molecule has 2 saturated carbocycles. The van der Waals surface area contributed by atoms with E-state index >= 15 is 4.39 Å². The molecule has 1 aromatic heterocycles. The molecule has 1 aromatic carbocycles. The van der Waals surface area contributed by atoms with Crippen LogP contribution >= 0.6 is 0 Å². The van der Waals surface area contributed by atoms with Crippen molar-refractivity contribution in [2.24, 2.45) is 5.73 Å². The standard InChI is InChI=1S/C26H35FN6O3/c1-3-36-20-12-21(23(27)22(13-20)35-2)32-15-16-14-29-25(30-18-10-8-17(28)9-11-18)31-24(16)33(26(32)34)19-6-4-5-7-19/h12-14,17-19H,3-11,15,28H2,1-2H3,(H,29,30,31). The first kappa shape index (κ1) is 24.5. The van der Waals surface area contributed by atoms with Gasteiger partial charge in [-0.3, -0.25) is 9.80 Å². The van der Waals surface area contributed by atoms with Crippen molar-refractivity contribution in [3.63, 3.8) is 0 Å². The molecule has 36 heavy (non-hydrogen) atoms. The van der Waals surface area contributed by atoms with Gasteiger partial charge < -0.3 is 20.5 Å². The molecule has 0 atom stereocenters. The Hall–Kier alpha value is -3.14. The number of methoxy groups -OCH3 is 1. The second-order valence-corrected chi connectivity index (χ2v) is 9.87. The van der Waals surface area contributed by atoms with E-state index in [2.05, 4.69) is 10.3 Å². The lowest BCUT2D eigenvalue weighted by Crippen LogP contribution is -2.52. The average Bonchev–Trinajstić information content (AvgIpc) is 3.41. The van der Waals surface area contributed by atoms with Crippen LogP contribution in [0.2, 0.25) is 0 Å². The molecule has 0 radical (unpaired) electrons. The van der Waals surface area contributed by atoms with Crippen molar-refractivity contribution >= 4 is 23.5 Å². The molecule has 2 amide bonds. The number of amides is 2. The van der Waals surface area contributed by atoms with E-state index in [1.165, 1.54) is 18.1 Å². The summed E-state index contributed by atoms with van der Waals surface area (Å²) in [6.45, 7) is 2.42. The minimum atomic E-state index is -0.598. The molecule has 3 N–H and O–H groups in total. The monoisotopic (exact) mass is 498 g/mol.